The van der Waals surface area contributed by atoms with E-state index in [2.05, 4.69) is 16.2 Å². The number of aromatic nitrogens is 2. The highest BCUT2D eigenvalue weighted by Crippen LogP contribution is 2.36. The maximum absolute atomic E-state index is 14.8. The van der Waals surface area contributed by atoms with Gasteiger partial charge >= 0.3 is 11.7 Å². The first-order valence-corrected chi connectivity index (χ1v) is 10.1. The molecule has 1 aliphatic rings. The van der Waals surface area contributed by atoms with E-state index in [1.165, 1.54) is 12.3 Å². The lowest BCUT2D eigenvalue weighted by atomic mass is 10.1. The van der Waals surface area contributed by atoms with Crippen molar-refractivity contribution in [2.24, 2.45) is 0 Å². The van der Waals surface area contributed by atoms with Gasteiger partial charge in [0.05, 0.1) is 5.56 Å². The third-order valence-electron chi connectivity index (χ3n) is 5.03. The molecule has 0 saturated heterocycles. The van der Waals surface area contributed by atoms with Gasteiger partial charge in [-0.15, -0.1) is 6.42 Å². The Morgan fingerprint density at radius 3 is 2.38 bits per heavy atom. The van der Waals surface area contributed by atoms with E-state index in [4.69, 9.17) is 15.9 Å². The van der Waals surface area contributed by atoms with E-state index in [9.17, 15) is 18.8 Å². The first kappa shape index (κ1) is 22.6. The molecule has 8 nitrogen and oxygen atoms in total. The smallest absolute Gasteiger partial charge is 0.351 e. The first-order chi connectivity index (χ1) is 16.4. The molecular weight excluding hydrogens is 441 g/mol. The summed E-state index contributed by atoms with van der Waals surface area (Å²) in [7, 11) is 0. The van der Waals surface area contributed by atoms with Crippen LogP contribution in [0.5, 0.6) is 0 Å². The molecule has 4 rings (SSSR count). The van der Waals surface area contributed by atoms with Gasteiger partial charge < -0.3 is 14.8 Å². The SMILES string of the molecule is C#C[C@@]1(COC(=O)c2ccccc2)O[C@@H](n2ccc(NC(=O)c3ccccc3)nc2=O)C=C1F. The lowest BCUT2D eigenvalue weighted by Crippen LogP contribution is -2.37. The third kappa shape index (κ3) is 4.62. The number of carbonyl (C=O) groups excluding carboxylic acids is 2. The van der Waals surface area contributed by atoms with Crippen LogP contribution in [-0.4, -0.2) is 33.6 Å². The fourth-order valence-electron chi connectivity index (χ4n) is 3.22. The first-order valence-electron chi connectivity index (χ1n) is 10.1. The van der Waals surface area contributed by atoms with Gasteiger partial charge in [-0.25, -0.2) is 14.0 Å². The summed E-state index contributed by atoms with van der Waals surface area (Å²) in [5.74, 6) is 0.159. The zero-order chi connectivity index (χ0) is 24.1. The van der Waals surface area contributed by atoms with E-state index in [1.54, 1.807) is 60.7 Å². The molecule has 170 valence electrons. The summed E-state index contributed by atoms with van der Waals surface area (Å²) in [5, 5.41) is 2.52. The molecule has 0 unspecified atom stereocenters. The summed E-state index contributed by atoms with van der Waals surface area (Å²) in [6, 6.07) is 17.9. The standard InChI is InChI=1S/C25H18FN3O5/c1-2-25(16-33-23(31)18-11-7-4-8-12-18)19(26)15-21(34-25)29-14-13-20(28-24(29)32)27-22(30)17-9-5-3-6-10-17/h1,3-15,21H,16H2,(H,27,28,30,32)/t21-,25+/m1/s1. The molecule has 9 heteroatoms. The lowest BCUT2D eigenvalue weighted by Gasteiger charge is -2.24. The van der Waals surface area contributed by atoms with Crippen LogP contribution in [0.1, 0.15) is 26.9 Å². The van der Waals surface area contributed by atoms with Crippen LogP contribution in [0.15, 0.2) is 89.6 Å². The average molecular weight is 459 g/mol. The normalized spacial score (nSPS) is 19.1. The molecule has 0 spiro atoms. The number of nitrogens with zero attached hydrogens (tertiary/aromatic N) is 2. The topological polar surface area (TPSA) is 99.5 Å². The van der Waals surface area contributed by atoms with Crippen molar-refractivity contribution in [1.82, 2.24) is 9.55 Å². The number of rotatable bonds is 6. The quantitative estimate of drug-likeness (QED) is 0.449. The van der Waals surface area contributed by atoms with Crippen LogP contribution in [0.3, 0.4) is 0 Å². The van der Waals surface area contributed by atoms with Gasteiger partial charge in [0.25, 0.3) is 5.91 Å². The molecule has 1 aromatic heterocycles. The van der Waals surface area contributed by atoms with Crippen LogP contribution in [0, 0.1) is 12.3 Å². The van der Waals surface area contributed by atoms with Crippen molar-refractivity contribution in [3.05, 3.63) is 106 Å². The number of carbonyl (C=O) groups is 2. The Bertz CT molecular complexity index is 1350. The minimum absolute atomic E-state index is 0.0116. The summed E-state index contributed by atoms with van der Waals surface area (Å²) in [6.45, 7) is -0.594. The van der Waals surface area contributed by atoms with Crippen molar-refractivity contribution < 1.29 is 23.5 Å². The number of hydrogen-bond donors (Lipinski definition) is 1. The number of nitrogens with one attached hydrogen (secondary N) is 1. The van der Waals surface area contributed by atoms with Crippen LogP contribution >= 0.6 is 0 Å². The van der Waals surface area contributed by atoms with Gasteiger partial charge in [-0.1, -0.05) is 42.3 Å². The molecule has 2 aromatic carbocycles. The van der Waals surface area contributed by atoms with Gasteiger partial charge in [0.1, 0.15) is 18.3 Å². The Morgan fingerprint density at radius 1 is 1.12 bits per heavy atom. The zero-order valence-corrected chi connectivity index (χ0v) is 17.7. The Morgan fingerprint density at radius 2 is 1.76 bits per heavy atom. The number of terminal acetylenes is 1. The van der Waals surface area contributed by atoms with E-state index in [0.29, 0.717) is 5.56 Å². The molecule has 2 atom stereocenters. The Balaban J connectivity index is 1.46. The molecule has 2 heterocycles. The van der Waals surface area contributed by atoms with Gasteiger partial charge in [-0.05, 0) is 30.3 Å². The largest absolute Gasteiger partial charge is 0.457 e. The van der Waals surface area contributed by atoms with Crippen molar-refractivity contribution in [2.75, 3.05) is 11.9 Å². The second-order valence-corrected chi connectivity index (χ2v) is 7.26. The lowest BCUT2D eigenvalue weighted by molar-refractivity contribution is -0.0676. The van der Waals surface area contributed by atoms with Gasteiger partial charge in [-0.3, -0.25) is 9.36 Å². The fraction of sp³-hybridized carbons (Fsp3) is 0.120. The Kier molecular flexibility index (Phi) is 6.34. The summed E-state index contributed by atoms with van der Waals surface area (Å²) in [4.78, 5) is 40.8. The number of benzene rings is 2. The molecule has 1 N–H and O–H groups in total. The summed E-state index contributed by atoms with van der Waals surface area (Å²) in [6.07, 6.45) is 6.55. The van der Waals surface area contributed by atoms with Crippen LogP contribution in [0.2, 0.25) is 0 Å². The molecule has 0 saturated carbocycles. The molecule has 0 radical (unpaired) electrons. The highest BCUT2D eigenvalue weighted by molar-refractivity contribution is 6.03. The second-order valence-electron chi connectivity index (χ2n) is 7.26. The number of esters is 1. The van der Waals surface area contributed by atoms with Crippen LogP contribution in [-0.2, 0) is 9.47 Å². The Labute approximate surface area is 193 Å². The predicted molar refractivity (Wildman–Crippen MR) is 120 cm³/mol. The molecule has 34 heavy (non-hydrogen) atoms. The Hall–Kier alpha value is -4.55. The summed E-state index contributed by atoms with van der Waals surface area (Å²) < 4.78 is 26.6. The monoisotopic (exact) mass is 459 g/mol. The summed E-state index contributed by atoms with van der Waals surface area (Å²) >= 11 is 0. The van der Waals surface area contributed by atoms with Gasteiger partial charge in [0.2, 0.25) is 5.60 Å². The molecule has 0 bridgehead atoms. The maximum atomic E-state index is 14.8. The summed E-state index contributed by atoms with van der Waals surface area (Å²) in [5.41, 5.74) is -2.15. The van der Waals surface area contributed by atoms with E-state index in [0.717, 1.165) is 10.6 Å². The molecule has 0 fully saturated rings. The van der Waals surface area contributed by atoms with E-state index in [1.807, 2.05) is 0 Å². The molecular formula is C25H18FN3O5. The van der Waals surface area contributed by atoms with Gasteiger partial charge in [0, 0.05) is 17.8 Å². The van der Waals surface area contributed by atoms with Gasteiger partial charge in [-0.2, -0.15) is 4.98 Å². The number of halogens is 1. The minimum atomic E-state index is -1.99. The maximum Gasteiger partial charge on any atom is 0.351 e. The van der Waals surface area contributed by atoms with E-state index >= 15 is 0 Å². The molecule has 3 aromatic rings. The van der Waals surface area contributed by atoms with E-state index < -0.39 is 41.8 Å². The molecule has 1 aliphatic heterocycles. The molecule has 1 amide bonds. The third-order valence-corrected chi connectivity index (χ3v) is 5.03. The minimum Gasteiger partial charge on any atom is -0.457 e. The predicted octanol–water partition coefficient (Wildman–Crippen LogP) is 3.11. The van der Waals surface area contributed by atoms with Crippen LogP contribution in [0.4, 0.5) is 10.2 Å². The van der Waals surface area contributed by atoms with Crippen molar-refractivity contribution in [3.63, 3.8) is 0 Å². The zero-order valence-electron chi connectivity index (χ0n) is 17.7. The molecule has 0 aliphatic carbocycles. The number of ether oxygens (including phenoxy) is 2. The van der Waals surface area contributed by atoms with Crippen molar-refractivity contribution in [2.45, 2.75) is 11.8 Å². The highest BCUT2D eigenvalue weighted by Gasteiger charge is 2.45. The average Bonchev–Trinajstić information content (AvgIpc) is 3.19. The van der Waals surface area contributed by atoms with Crippen LogP contribution in [0.25, 0.3) is 0 Å². The number of amides is 1. The van der Waals surface area contributed by atoms with Gasteiger partial charge in [0.15, 0.2) is 6.23 Å². The number of anilines is 1. The van der Waals surface area contributed by atoms with Crippen LogP contribution < -0.4 is 11.0 Å². The van der Waals surface area contributed by atoms with Crippen molar-refractivity contribution in [1.29, 1.82) is 0 Å². The van der Waals surface area contributed by atoms with E-state index in [-0.39, 0.29) is 11.4 Å². The highest BCUT2D eigenvalue weighted by atomic mass is 19.1. The van der Waals surface area contributed by atoms with Crippen molar-refractivity contribution in [3.8, 4) is 12.3 Å². The second kappa shape index (κ2) is 9.52. The fourth-order valence-corrected chi connectivity index (χ4v) is 3.22. The van der Waals surface area contributed by atoms with Crippen molar-refractivity contribution >= 4 is 17.7 Å². The number of hydrogen-bond acceptors (Lipinski definition) is 6.